The van der Waals surface area contributed by atoms with Crippen LogP contribution in [0.2, 0.25) is 0 Å². The number of aliphatic hydroxyl groups is 2. The first-order chi connectivity index (χ1) is 33.0. The molecule has 0 aliphatic rings. The van der Waals surface area contributed by atoms with E-state index in [0.717, 1.165) is 44.9 Å². The Morgan fingerprint density at radius 2 is 0.701 bits per heavy atom. The molecule has 3 N–H and O–H groups in total. The smallest absolute Gasteiger partial charge is 0.305 e. The molecule has 6 heteroatoms. The number of amides is 1. The van der Waals surface area contributed by atoms with Gasteiger partial charge in [-0.1, -0.05) is 282 Å². The lowest BCUT2D eigenvalue weighted by molar-refractivity contribution is -0.143. The molecular formula is C61H117NO5. The standard InChI is InChI=1S/C61H117NO5/c1-3-5-7-9-11-13-15-17-18-24-27-30-33-37-41-45-49-53-59(64)58(57-63)62-60(65)54-50-46-42-38-34-31-28-25-22-20-19-21-23-26-29-32-36-40-44-48-52-56-67-61(66)55-51-47-43-39-35-16-14-12-10-8-6-4-2/h12,14,49,53,58-59,63-64H,3-11,13,15-48,50-52,54-57H2,1-2H3,(H,62,65)/b14-12-,53-49+. The van der Waals surface area contributed by atoms with Crippen molar-refractivity contribution in [2.24, 2.45) is 0 Å². The minimum atomic E-state index is -0.845. The number of carbonyl (C=O) groups excluding carboxylic acids is 2. The van der Waals surface area contributed by atoms with Crippen molar-refractivity contribution in [2.75, 3.05) is 13.2 Å². The van der Waals surface area contributed by atoms with Gasteiger partial charge in [-0.3, -0.25) is 9.59 Å². The fourth-order valence-electron chi connectivity index (χ4n) is 9.34. The molecule has 0 saturated heterocycles. The van der Waals surface area contributed by atoms with Crippen LogP contribution in [0.4, 0.5) is 0 Å². The van der Waals surface area contributed by atoms with Gasteiger partial charge in [0.1, 0.15) is 0 Å². The summed E-state index contributed by atoms with van der Waals surface area (Å²) in [6.45, 7) is 4.89. The average Bonchev–Trinajstić information content (AvgIpc) is 3.33. The summed E-state index contributed by atoms with van der Waals surface area (Å²) in [4.78, 5) is 24.5. The van der Waals surface area contributed by atoms with Crippen molar-refractivity contribution in [3.05, 3.63) is 24.3 Å². The maximum absolute atomic E-state index is 12.5. The van der Waals surface area contributed by atoms with Gasteiger partial charge in [0.25, 0.3) is 0 Å². The van der Waals surface area contributed by atoms with Gasteiger partial charge in [0.05, 0.1) is 25.4 Å². The minimum Gasteiger partial charge on any atom is -0.466 e. The molecule has 0 aromatic rings. The quantitative estimate of drug-likeness (QED) is 0.0321. The molecule has 396 valence electrons. The van der Waals surface area contributed by atoms with E-state index in [1.54, 1.807) is 6.08 Å². The Morgan fingerprint density at radius 3 is 1.09 bits per heavy atom. The normalized spacial score (nSPS) is 12.7. The lowest BCUT2D eigenvalue weighted by Gasteiger charge is -2.20. The first-order valence-electron chi connectivity index (χ1n) is 30.1. The van der Waals surface area contributed by atoms with E-state index < -0.39 is 12.1 Å². The predicted octanol–water partition coefficient (Wildman–Crippen LogP) is 18.6. The second kappa shape index (κ2) is 56.9. The third kappa shape index (κ3) is 53.5. The molecule has 6 nitrogen and oxygen atoms in total. The SMILES string of the molecule is CCCCC/C=C\CCCCCCCC(=O)OCCCCCCCCCCCCCCCCCCCCCCCC(=O)NC(CO)C(O)/C=C/CCCCCCCCCCCCCCCCC. The Kier molecular flexibility index (Phi) is 55.5. The predicted molar refractivity (Wildman–Crippen MR) is 292 cm³/mol. The van der Waals surface area contributed by atoms with Crippen LogP contribution >= 0.6 is 0 Å². The van der Waals surface area contributed by atoms with Gasteiger partial charge in [0.2, 0.25) is 5.91 Å². The van der Waals surface area contributed by atoms with Crippen molar-refractivity contribution in [2.45, 2.75) is 341 Å². The molecule has 0 fully saturated rings. The monoisotopic (exact) mass is 944 g/mol. The number of carbonyl (C=O) groups is 2. The lowest BCUT2D eigenvalue weighted by Crippen LogP contribution is -2.45. The molecule has 0 rings (SSSR count). The van der Waals surface area contributed by atoms with E-state index >= 15 is 0 Å². The van der Waals surface area contributed by atoms with E-state index in [1.165, 1.54) is 257 Å². The highest BCUT2D eigenvalue weighted by atomic mass is 16.5. The molecule has 2 atom stereocenters. The van der Waals surface area contributed by atoms with E-state index in [9.17, 15) is 19.8 Å². The second-order valence-corrected chi connectivity index (χ2v) is 20.7. The third-order valence-electron chi connectivity index (χ3n) is 14.0. The minimum absolute atomic E-state index is 0.00148. The third-order valence-corrected chi connectivity index (χ3v) is 14.0. The van der Waals surface area contributed by atoms with Crippen LogP contribution < -0.4 is 5.32 Å². The van der Waals surface area contributed by atoms with Gasteiger partial charge in [-0.05, 0) is 57.8 Å². The summed E-state index contributed by atoms with van der Waals surface area (Å²) in [6, 6.07) is -0.628. The Bertz CT molecular complexity index is 1040. The van der Waals surface area contributed by atoms with Crippen molar-refractivity contribution >= 4 is 11.9 Å². The molecule has 0 bridgehead atoms. The van der Waals surface area contributed by atoms with Crippen LogP contribution in [-0.2, 0) is 14.3 Å². The zero-order chi connectivity index (χ0) is 48.6. The van der Waals surface area contributed by atoms with Gasteiger partial charge in [0, 0.05) is 12.8 Å². The number of allylic oxidation sites excluding steroid dienone is 3. The summed E-state index contributed by atoms with van der Waals surface area (Å²) in [5.41, 5.74) is 0. The van der Waals surface area contributed by atoms with E-state index in [4.69, 9.17) is 4.74 Å². The van der Waals surface area contributed by atoms with Crippen molar-refractivity contribution in [1.82, 2.24) is 5.32 Å². The van der Waals surface area contributed by atoms with E-state index in [2.05, 4.69) is 31.3 Å². The van der Waals surface area contributed by atoms with E-state index in [-0.39, 0.29) is 18.5 Å². The molecule has 67 heavy (non-hydrogen) atoms. The Morgan fingerprint density at radius 1 is 0.403 bits per heavy atom. The molecule has 0 heterocycles. The maximum atomic E-state index is 12.5. The van der Waals surface area contributed by atoms with Crippen LogP contribution in [-0.4, -0.2) is 47.4 Å². The molecule has 0 aromatic carbocycles. The molecule has 2 unspecified atom stereocenters. The number of esters is 1. The van der Waals surface area contributed by atoms with Crippen LogP contribution in [0, 0.1) is 0 Å². The number of unbranched alkanes of at least 4 members (excludes halogenated alkanes) is 43. The van der Waals surface area contributed by atoms with Crippen LogP contribution in [0.3, 0.4) is 0 Å². The molecule has 0 aliphatic carbocycles. The van der Waals surface area contributed by atoms with Crippen LogP contribution in [0.15, 0.2) is 24.3 Å². The highest BCUT2D eigenvalue weighted by Crippen LogP contribution is 2.17. The fourth-order valence-corrected chi connectivity index (χ4v) is 9.34. The number of hydrogen-bond acceptors (Lipinski definition) is 5. The van der Waals surface area contributed by atoms with Gasteiger partial charge < -0.3 is 20.3 Å². The van der Waals surface area contributed by atoms with E-state index in [1.807, 2.05) is 6.08 Å². The summed E-state index contributed by atoms with van der Waals surface area (Å²) in [5, 5.41) is 23.2. The molecule has 0 aliphatic heterocycles. The van der Waals surface area contributed by atoms with Gasteiger partial charge >= 0.3 is 5.97 Å². The van der Waals surface area contributed by atoms with Gasteiger partial charge in [0.15, 0.2) is 0 Å². The Balaban J connectivity index is 3.42. The van der Waals surface area contributed by atoms with Crippen LogP contribution in [0.25, 0.3) is 0 Å². The second-order valence-electron chi connectivity index (χ2n) is 20.7. The first-order valence-corrected chi connectivity index (χ1v) is 30.1. The first kappa shape index (κ1) is 65.3. The topological polar surface area (TPSA) is 95.9 Å². The fraction of sp³-hybridized carbons (Fsp3) is 0.902. The summed E-state index contributed by atoms with van der Waals surface area (Å²) in [6.07, 6.45) is 69.2. The number of nitrogens with one attached hydrogen (secondary N) is 1. The zero-order valence-electron chi connectivity index (χ0n) is 45.1. The summed E-state index contributed by atoms with van der Waals surface area (Å²) in [5.74, 6) is -0.0655. The summed E-state index contributed by atoms with van der Waals surface area (Å²) in [7, 11) is 0. The number of rotatable bonds is 56. The molecule has 0 spiro atoms. The number of hydrogen-bond donors (Lipinski definition) is 3. The van der Waals surface area contributed by atoms with Gasteiger partial charge in [-0.25, -0.2) is 0 Å². The summed E-state index contributed by atoms with van der Waals surface area (Å²) < 4.78 is 5.46. The largest absolute Gasteiger partial charge is 0.466 e. The van der Waals surface area contributed by atoms with Crippen molar-refractivity contribution in [3.8, 4) is 0 Å². The van der Waals surface area contributed by atoms with Crippen LogP contribution in [0.5, 0.6) is 0 Å². The molecule has 0 saturated carbocycles. The zero-order valence-corrected chi connectivity index (χ0v) is 45.1. The molecule has 0 aromatic heterocycles. The van der Waals surface area contributed by atoms with Gasteiger partial charge in [-0.2, -0.15) is 0 Å². The van der Waals surface area contributed by atoms with Crippen LogP contribution in [0.1, 0.15) is 328 Å². The molecular weight excluding hydrogens is 827 g/mol. The van der Waals surface area contributed by atoms with E-state index in [0.29, 0.717) is 19.4 Å². The highest BCUT2D eigenvalue weighted by molar-refractivity contribution is 5.76. The van der Waals surface area contributed by atoms with Crippen molar-refractivity contribution < 1.29 is 24.5 Å². The number of ether oxygens (including phenoxy) is 1. The molecule has 1 amide bonds. The average molecular weight is 945 g/mol. The highest BCUT2D eigenvalue weighted by Gasteiger charge is 2.18. The van der Waals surface area contributed by atoms with Gasteiger partial charge in [-0.15, -0.1) is 0 Å². The Hall–Kier alpha value is -1.66. The Labute approximate surface area is 418 Å². The number of aliphatic hydroxyl groups excluding tert-OH is 2. The van der Waals surface area contributed by atoms with Crippen molar-refractivity contribution in [1.29, 1.82) is 0 Å². The lowest BCUT2D eigenvalue weighted by atomic mass is 10.0. The molecule has 0 radical (unpaired) electrons. The maximum Gasteiger partial charge on any atom is 0.305 e. The summed E-state index contributed by atoms with van der Waals surface area (Å²) >= 11 is 0. The van der Waals surface area contributed by atoms with Crippen molar-refractivity contribution in [3.63, 3.8) is 0 Å².